The minimum absolute atomic E-state index is 0.118. The number of fused-ring (bicyclic) bond motifs is 1. The van der Waals surface area contributed by atoms with Crippen LogP contribution in [0.2, 0.25) is 0 Å². The van der Waals surface area contributed by atoms with Crippen LogP contribution < -0.4 is 15.8 Å². The largest absolute Gasteiger partial charge is 0.354 e. The van der Waals surface area contributed by atoms with E-state index in [2.05, 4.69) is 22.2 Å². The number of nitrogens with zero attached hydrogens (tertiary/aromatic N) is 3. The molecule has 1 aliphatic rings. The first-order valence-corrected chi connectivity index (χ1v) is 10.5. The summed E-state index contributed by atoms with van der Waals surface area (Å²) in [6.45, 7) is 7.91. The zero-order chi connectivity index (χ0) is 21.3. The summed E-state index contributed by atoms with van der Waals surface area (Å²) < 4.78 is 1.30. The Labute approximate surface area is 176 Å². The third-order valence-corrected chi connectivity index (χ3v) is 5.75. The fourth-order valence-electron chi connectivity index (χ4n) is 4.22. The number of rotatable bonds is 4. The first kappa shape index (κ1) is 20.1. The van der Waals surface area contributed by atoms with Gasteiger partial charge in [-0.2, -0.15) is 5.10 Å². The summed E-state index contributed by atoms with van der Waals surface area (Å²) in [5.41, 5.74) is 2.64. The fourth-order valence-corrected chi connectivity index (χ4v) is 4.22. The number of nitrogens with one attached hydrogen (secondary N) is 1. The van der Waals surface area contributed by atoms with Crippen molar-refractivity contribution in [2.75, 3.05) is 23.3 Å². The highest BCUT2D eigenvalue weighted by Crippen LogP contribution is 2.26. The lowest BCUT2D eigenvalue weighted by molar-refractivity contribution is -0.117. The van der Waals surface area contributed by atoms with Gasteiger partial charge < -0.3 is 10.2 Å². The molecule has 0 radical (unpaired) electrons. The number of hydrogen-bond acceptors (Lipinski definition) is 4. The average Bonchev–Trinajstić information content (AvgIpc) is 2.72. The molecule has 0 unspecified atom stereocenters. The number of aromatic nitrogens is 2. The fraction of sp³-hybridized carbons (Fsp3) is 0.375. The molecule has 2 aromatic carbocycles. The molecule has 0 spiro atoms. The Hall–Kier alpha value is -3.15. The van der Waals surface area contributed by atoms with Crippen molar-refractivity contribution in [2.45, 2.75) is 40.2 Å². The molecule has 1 atom stereocenters. The van der Waals surface area contributed by atoms with Crippen LogP contribution in [0.5, 0.6) is 0 Å². The molecule has 0 saturated carbocycles. The molecule has 1 fully saturated rings. The van der Waals surface area contributed by atoms with Crippen molar-refractivity contribution in [3.8, 4) is 0 Å². The summed E-state index contributed by atoms with van der Waals surface area (Å²) in [6.07, 6.45) is 2.30. The molecule has 1 aliphatic heterocycles. The minimum atomic E-state index is -0.259. The van der Waals surface area contributed by atoms with Gasteiger partial charge in [0.1, 0.15) is 6.54 Å². The first-order valence-electron chi connectivity index (χ1n) is 10.5. The number of aryl methyl sites for hydroxylation is 2. The molecular formula is C24H28N4O2. The Morgan fingerprint density at radius 1 is 1.17 bits per heavy atom. The number of piperidine rings is 1. The van der Waals surface area contributed by atoms with E-state index in [1.54, 1.807) is 0 Å². The van der Waals surface area contributed by atoms with Gasteiger partial charge in [0.25, 0.3) is 5.56 Å². The zero-order valence-electron chi connectivity index (χ0n) is 17.8. The Balaban J connectivity index is 1.67. The van der Waals surface area contributed by atoms with Crippen molar-refractivity contribution in [3.63, 3.8) is 0 Å². The van der Waals surface area contributed by atoms with Crippen molar-refractivity contribution in [1.29, 1.82) is 0 Å². The van der Waals surface area contributed by atoms with Gasteiger partial charge in [0, 0.05) is 24.2 Å². The highest BCUT2D eigenvalue weighted by molar-refractivity contribution is 5.93. The number of amides is 1. The second-order valence-corrected chi connectivity index (χ2v) is 8.39. The van der Waals surface area contributed by atoms with Crippen LogP contribution in [0.4, 0.5) is 11.5 Å². The minimum Gasteiger partial charge on any atom is -0.354 e. The lowest BCUT2D eigenvalue weighted by Crippen LogP contribution is -2.38. The molecule has 0 bridgehead atoms. The van der Waals surface area contributed by atoms with Crippen LogP contribution in [0.1, 0.15) is 30.9 Å². The molecule has 6 heteroatoms. The highest BCUT2D eigenvalue weighted by atomic mass is 16.2. The van der Waals surface area contributed by atoms with Crippen molar-refractivity contribution >= 4 is 28.2 Å². The normalized spacial score (nSPS) is 16.6. The summed E-state index contributed by atoms with van der Waals surface area (Å²) in [4.78, 5) is 28.0. The Morgan fingerprint density at radius 2 is 1.93 bits per heavy atom. The van der Waals surface area contributed by atoms with Crippen LogP contribution in [-0.4, -0.2) is 28.8 Å². The molecule has 4 rings (SSSR count). The topological polar surface area (TPSA) is 67.2 Å². The number of anilines is 2. The van der Waals surface area contributed by atoms with E-state index in [0.29, 0.717) is 11.3 Å². The Bertz CT molecular complexity index is 1150. The standard InChI is InChI=1S/C24H28N4O2/c1-16-10-11-21(18(3)13-16)25-22(29)15-28-24(30)20-9-5-4-8-19(20)23(26-28)27-12-6-7-17(2)14-27/h4-5,8-11,13,17H,6-7,12,14-15H2,1-3H3,(H,25,29)/t17-/m1/s1. The van der Waals surface area contributed by atoms with E-state index in [1.807, 2.05) is 56.3 Å². The van der Waals surface area contributed by atoms with Crippen molar-refractivity contribution in [2.24, 2.45) is 5.92 Å². The van der Waals surface area contributed by atoms with E-state index < -0.39 is 0 Å². The van der Waals surface area contributed by atoms with Crippen LogP contribution in [0.25, 0.3) is 10.8 Å². The summed E-state index contributed by atoms with van der Waals surface area (Å²) in [6, 6.07) is 13.4. The van der Waals surface area contributed by atoms with Crippen molar-refractivity contribution < 1.29 is 4.79 Å². The predicted octanol–water partition coefficient (Wildman–Crippen LogP) is 3.89. The van der Waals surface area contributed by atoms with Crippen LogP contribution >= 0.6 is 0 Å². The lowest BCUT2D eigenvalue weighted by Gasteiger charge is -2.32. The van der Waals surface area contributed by atoms with Gasteiger partial charge in [-0.15, -0.1) is 0 Å². The molecule has 1 N–H and O–H groups in total. The molecule has 3 aromatic rings. The van der Waals surface area contributed by atoms with Gasteiger partial charge in [-0.3, -0.25) is 9.59 Å². The van der Waals surface area contributed by atoms with Crippen LogP contribution in [0, 0.1) is 19.8 Å². The van der Waals surface area contributed by atoms with Crippen LogP contribution in [-0.2, 0) is 11.3 Å². The predicted molar refractivity (Wildman–Crippen MR) is 121 cm³/mol. The summed E-state index contributed by atoms with van der Waals surface area (Å²) in [5.74, 6) is 1.10. The van der Waals surface area contributed by atoms with E-state index in [-0.39, 0.29) is 18.0 Å². The number of benzene rings is 2. The van der Waals surface area contributed by atoms with Crippen LogP contribution in [0.3, 0.4) is 0 Å². The summed E-state index contributed by atoms with van der Waals surface area (Å²) in [7, 11) is 0. The maximum atomic E-state index is 13.0. The number of carbonyl (C=O) groups excluding carboxylic acids is 1. The molecule has 156 valence electrons. The average molecular weight is 405 g/mol. The SMILES string of the molecule is Cc1ccc(NC(=O)Cn2nc(N3CCC[C@@H](C)C3)c3ccccc3c2=O)c(C)c1. The third-order valence-electron chi connectivity index (χ3n) is 5.75. The van der Waals surface area contributed by atoms with Crippen molar-refractivity contribution in [1.82, 2.24) is 9.78 Å². The molecule has 1 aromatic heterocycles. The summed E-state index contributed by atoms with van der Waals surface area (Å²) in [5, 5.41) is 9.01. The van der Waals surface area contributed by atoms with Gasteiger partial charge in [-0.25, -0.2) is 4.68 Å². The number of carbonyl (C=O) groups is 1. The second kappa shape index (κ2) is 8.30. The smallest absolute Gasteiger partial charge is 0.275 e. The highest BCUT2D eigenvalue weighted by Gasteiger charge is 2.22. The Morgan fingerprint density at radius 3 is 2.67 bits per heavy atom. The third kappa shape index (κ3) is 4.08. The maximum absolute atomic E-state index is 13.0. The molecule has 30 heavy (non-hydrogen) atoms. The second-order valence-electron chi connectivity index (χ2n) is 8.39. The molecule has 2 heterocycles. The van der Waals surface area contributed by atoms with Gasteiger partial charge in [0.2, 0.25) is 5.91 Å². The van der Waals surface area contributed by atoms with E-state index >= 15 is 0 Å². The molecular weight excluding hydrogens is 376 g/mol. The van der Waals surface area contributed by atoms with Gasteiger partial charge >= 0.3 is 0 Å². The molecule has 6 nitrogen and oxygen atoms in total. The Kier molecular flexibility index (Phi) is 5.57. The van der Waals surface area contributed by atoms with Gasteiger partial charge in [0.05, 0.1) is 5.39 Å². The van der Waals surface area contributed by atoms with Gasteiger partial charge in [-0.1, -0.05) is 42.8 Å². The summed E-state index contributed by atoms with van der Waals surface area (Å²) >= 11 is 0. The quantitative estimate of drug-likeness (QED) is 0.716. The number of hydrogen-bond donors (Lipinski definition) is 1. The van der Waals surface area contributed by atoms with Gasteiger partial charge in [0.15, 0.2) is 5.82 Å². The first-order chi connectivity index (χ1) is 14.4. The zero-order valence-corrected chi connectivity index (χ0v) is 17.8. The van der Waals surface area contributed by atoms with E-state index in [0.717, 1.165) is 47.5 Å². The molecule has 1 amide bonds. The monoisotopic (exact) mass is 404 g/mol. The molecule has 0 aliphatic carbocycles. The van der Waals surface area contributed by atoms with Crippen LogP contribution in [0.15, 0.2) is 47.3 Å². The van der Waals surface area contributed by atoms with E-state index in [9.17, 15) is 9.59 Å². The lowest BCUT2D eigenvalue weighted by atomic mass is 10.00. The van der Waals surface area contributed by atoms with Gasteiger partial charge in [-0.05, 0) is 50.3 Å². The van der Waals surface area contributed by atoms with E-state index in [1.165, 1.54) is 11.1 Å². The maximum Gasteiger partial charge on any atom is 0.275 e. The molecule has 1 saturated heterocycles. The van der Waals surface area contributed by atoms with E-state index in [4.69, 9.17) is 0 Å². The van der Waals surface area contributed by atoms with Crippen molar-refractivity contribution in [3.05, 3.63) is 63.9 Å².